The van der Waals surface area contributed by atoms with Crippen molar-refractivity contribution in [1.29, 1.82) is 0 Å². The third-order valence-corrected chi connectivity index (χ3v) is 5.21. The van der Waals surface area contributed by atoms with Crippen LogP contribution < -0.4 is 5.32 Å². The van der Waals surface area contributed by atoms with Gasteiger partial charge in [-0.25, -0.2) is 19.3 Å². The Morgan fingerprint density at radius 2 is 2.18 bits per heavy atom. The number of fused-ring (bicyclic) bond motifs is 1. The van der Waals surface area contributed by atoms with Crippen molar-refractivity contribution in [2.75, 3.05) is 26.8 Å². The number of hydrogen-bond donors (Lipinski definition) is 1. The van der Waals surface area contributed by atoms with E-state index in [-0.39, 0.29) is 5.82 Å². The van der Waals surface area contributed by atoms with Gasteiger partial charge >= 0.3 is 0 Å². The number of ether oxygens (including phenoxy) is 1. The molecule has 1 aliphatic heterocycles. The molecule has 0 amide bonds. The van der Waals surface area contributed by atoms with Crippen molar-refractivity contribution >= 4 is 5.65 Å². The highest BCUT2D eigenvalue weighted by atomic mass is 19.1. The lowest BCUT2D eigenvalue weighted by Crippen LogP contribution is -2.31. The van der Waals surface area contributed by atoms with Gasteiger partial charge in [0, 0.05) is 31.3 Å². The molecule has 0 spiro atoms. The number of pyridine rings is 1. The molecule has 28 heavy (non-hydrogen) atoms. The Kier molecular flexibility index (Phi) is 5.92. The van der Waals surface area contributed by atoms with Crippen molar-refractivity contribution in [3.05, 3.63) is 47.8 Å². The van der Waals surface area contributed by atoms with Crippen molar-refractivity contribution in [2.45, 2.75) is 32.1 Å². The van der Waals surface area contributed by atoms with Gasteiger partial charge in [0.15, 0.2) is 5.82 Å². The van der Waals surface area contributed by atoms with Crippen LogP contribution in [0.5, 0.6) is 0 Å². The van der Waals surface area contributed by atoms with Gasteiger partial charge in [-0.1, -0.05) is 0 Å². The average Bonchev–Trinajstić information content (AvgIpc) is 3.12. The summed E-state index contributed by atoms with van der Waals surface area (Å²) in [5.74, 6) is 0.881. The van der Waals surface area contributed by atoms with E-state index in [0.717, 1.165) is 43.7 Å². The summed E-state index contributed by atoms with van der Waals surface area (Å²) in [6.07, 6.45) is 8.22. The minimum absolute atomic E-state index is 0.309. The van der Waals surface area contributed by atoms with Gasteiger partial charge in [0.1, 0.15) is 17.2 Å². The van der Waals surface area contributed by atoms with Crippen molar-refractivity contribution in [1.82, 2.24) is 24.7 Å². The molecule has 1 atom stereocenters. The predicted octanol–water partition coefficient (Wildman–Crippen LogP) is 3.05. The van der Waals surface area contributed by atoms with E-state index >= 15 is 0 Å². The summed E-state index contributed by atoms with van der Waals surface area (Å²) in [6, 6.07) is 5.18. The third kappa shape index (κ3) is 4.36. The average molecular weight is 383 g/mol. The van der Waals surface area contributed by atoms with Gasteiger partial charge in [-0.3, -0.25) is 4.40 Å². The number of piperidine rings is 1. The number of nitrogens with zero attached hydrogens (tertiary/aromatic N) is 4. The number of aryl methyl sites for hydroxylation is 1. The van der Waals surface area contributed by atoms with Crippen molar-refractivity contribution < 1.29 is 9.13 Å². The molecule has 0 unspecified atom stereocenters. The molecule has 3 aromatic rings. The van der Waals surface area contributed by atoms with Gasteiger partial charge in [-0.15, -0.1) is 0 Å². The minimum atomic E-state index is -0.309. The lowest BCUT2D eigenvalue weighted by molar-refractivity contribution is 0.195. The molecule has 0 bridgehead atoms. The first-order valence-corrected chi connectivity index (χ1v) is 9.92. The second kappa shape index (κ2) is 8.75. The molecule has 4 heterocycles. The topological polar surface area (TPSA) is 64.3 Å². The molecule has 1 saturated heterocycles. The first kappa shape index (κ1) is 19.0. The van der Waals surface area contributed by atoms with Crippen LogP contribution in [0, 0.1) is 11.7 Å². The summed E-state index contributed by atoms with van der Waals surface area (Å²) < 4.78 is 20.7. The Labute approximate surface area is 164 Å². The molecule has 4 rings (SSSR count). The number of methoxy groups -OCH3 is 1. The van der Waals surface area contributed by atoms with Gasteiger partial charge in [0.05, 0.1) is 6.20 Å². The summed E-state index contributed by atoms with van der Waals surface area (Å²) in [4.78, 5) is 14.0. The van der Waals surface area contributed by atoms with Crippen LogP contribution in [0.1, 0.15) is 30.7 Å². The molecule has 7 heteroatoms. The number of hydrogen-bond acceptors (Lipinski definition) is 5. The van der Waals surface area contributed by atoms with Crippen molar-refractivity contribution in [2.24, 2.45) is 5.92 Å². The Morgan fingerprint density at radius 1 is 1.29 bits per heavy atom. The van der Waals surface area contributed by atoms with Gasteiger partial charge < -0.3 is 10.1 Å². The second-order valence-corrected chi connectivity index (χ2v) is 7.41. The van der Waals surface area contributed by atoms with Crippen LogP contribution >= 0.6 is 0 Å². The Bertz CT molecular complexity index is 936. The van der Waals surface area contributed by atoms with Gasteiger partial charge in [0.2, 0.25) is 0 Å². The fourth-order valence-electron chi connectivity index (χ4n) is 3.81. The van der Waals surface area contributed by atoms with Crippen LogP contribution in [0.25, 0.3) is 17.2 Å². The van der Waals surface area contributed by atoms with E-state index in [4.69, 9.17) is 14.7 Å². The van der Waals surface area contributed by atoms with Gasteiger partial charge in [-0.2, -0.15) is 0 Å². The summed E-state index contributed by atoms with van der Waals surface area (Å²) in [6.45, 7) is 2.82. The fourth-order valence-corrected chi connectivity index (χ4v) is 3.81. The monoisotopic (exact) mass is 383 g/mol. The Morgan fingerprint density at radius 3 is 3.00 bits per heavy atom. The van der Waals surface area contributed by atoms with E-state index < -0.39 is 0 Å². The normalized spacial score (nSPS) is 17.3. The number of nitrogens with one attached hydrogen (secondary N) is 1. The van der Waals surface area contributed by atoms with E-state index in [0.29, 0.717) is 29.7 Å². The summed E-state index contributed by atoms with van der Waals surface area (Å²) >= 11 is 0. The largest absolute Gasteiger partial charge is 0.385 e. The highest BCUT2D eigenvalue weighted by Gasteiger charge is 2.17. The van der Waals surface area contributed by atoms with Crippen LogP contribution in [-0.2, 0) is 17.6 Å². The summed E-state index contributed by atoms with van der Waals surface area (Å²) in [7, 11) is 1.71. The first-order valence-electron chi connectivity index (χ1n) is 9.92. The van der Waals surface area contributed by atoms with Crippen LogP contribution in [0.15, 0.2) is 30.6 Å². The van der Waals surface area contributed by atoms with Crippen molar-refractivity contribution in [3.8, 4) is 11.5 Å². The lowest BCUT2D eigenvalue weighted by atomic mass is 9.94. The van der Waals surface area contributed by atoms with E-state index in [1.165, 1.54) is 25.1 Å². The van der Waals surface area contributed by atoms with E-state index in [2.05, 4.69) is 16.4 Å². The van der Waals surface area contributed by atoms with Crippen LogP contribution in [0.4, 0.5) is 4.39 Å². The number of imidazole rings is 1. The number of aromatic nitrogens is 4. The second-order valence-electron chi connectivity index (χ2n) is 7.41. The standard InChI is InChI=1S/C21H26FN5O/c1-28-9-3-5-17-11-18(10-15-4-2-8-23-12-15)26-21(25-17)19-13-24-20-7-6-16(22)14-27(19)20/h6-7,11,13-15,23H,2-5,8-10,12H2,1H3/t15-/m0/s1. The minimum Gasteiger partial charge on any atom is -0.385 e. The van der Waals surface area contributed by atoms with Gasteiger partial charge in [-0.05, 0) is 69.3 Å². The zero-order chi connectivity index (χ0) is 19.3. The molecule has 0 saturated carbocycles. The summed E-state index contributed by atoms with van der Waals surface area (Å²) in [5.41, 5.74) is 3.43. The molecule has 6 nitrogen and oxygen atoms in total. The number of halogens is 1. The maximum Gasteiger partial charge on any atom is 0.178 e. The zero-order valence-corrected chi connectivity index (χ0v) is 16.2. The molecule has 0 radical (unpaired) electrons. The maximum atomic E-state index is 13.8. The van der Waals surface area contributed by atoms with Crippen LogP contribution in [-0.4, -0.2) is 46.2 Å². The van der Waals surface area contributed by atoms with E-state index in [1.54, 1.807) is 23.8 Å². The first-order chi connectivity index (χ1) is 13.7. The molecule has 1 N–H and O–H groups in total. The molecular formula is C21H26FN5O. The van der Waals surface area contributed by atoms with Gasteiger partial charge in [0.25, 0.3) is 0 Å². The molecule has 0 aliphatic carbocycles. The lowest BCUT2D eigenvalue weighted by Gasteiger charge is -2.22. The maximum absolute atomic E-state index is 13.8. The van der Waals surface area contributed by atoms with Crippen molar-refractivity contribution in [3.63, 3.8) is 0 Å². The van der Waals surface area contributed by atoms with Crippen LogP contribution in [0.2, 0.25) is 0 Å². The highest BCUT2D eigenvalue weighted by Crippen LogP contribution is 2.22. The zero-order valence-electron chi connectivity index (χ0n) is 16.2. The molecule has 3 aromatic heterocycles. The molecule has 1 fully saturated rings. The van der Waals surface area contributed by atoms with E-state index in [9.17, 15) is 4.39 Å². The molecular weight excluding hydrogens is 357 g/mol. The molecule has 1 aliphatic rings. The SMILES string of the molecule is COCCCc1cc(C[C@@H]2CCCNC2)nc(-c2cnc3ccc(F)cn23)n1. The quantitative estimate of drug-likeness (QED) is 0.636. The fraction of sp³-hybridized carbons (Fsp3) is 0.476. The highest BCUT2D eigenvalue weighted by molar-refractivity contribution is 5.57. The van der Waals surface area contributed by atoms with E-state index in [1.807, 2.05) is 0 Å². The Hall–Kier alpha value is -2.38. The third-order valence-electron chi connectivity index (χ3n) is 5.21. The smallest absolute Gasteiger partial charge is 0.178 e. The number of rotatable bonds is 7. The summed E-state index contributed by atoms with van der Waals surface area (Å²) in [5, 5.41) is 3.47. The predicted molar refractivity (Wildman–Crippen MR) is 106 cm³/mol. The Balaban J connectivity index is 1.68. The van der Waals surface area contributed by atoms with Crippen LogP contribution in [0.3, 0.4) is 0 Å². The molecule has 0 aromatic carbocycles. The molecule has 148 valence electrons.